The number of rotatable bonds is 5. The Kier molecular flexibility index (Phi) is 3.89. The third-order valence-corrected chi connectivity index (χ3v) is 5.36. The van der Waals surface area contributed by atoms with Crippen molar-refractivity contribution >= 4 is 23.1 Å². The van der Waals surface area contributed by atoms with E-state index in [-0.39, 0.29) is 23.5 Å². The van der Waals surface area contributed by atoms with Gasteiger partial charge in [0.1, 0.15) is 0 Å². The van der Waals surface area contributed by atoms with E-state index in [4.69, 9.17) is 22.7 Å². The number of nitrogens with two attached hydrogens (primary N) is 1. The standard InChI is InChI=1S/C14H24N2O2S/c1-4-18-10-8-9(13(10,2)3)16-12(17)14(11(15)19)6-5-7-14/h9-10H,4-8H2,1-3H3,(H2,15,19)(H,16,17). The zero-order valence-electron chi connectivity index (χ0n) is 12.0. The smallest absolute Gasteiger partial charge is 0.233 e. The van der Waals surface area contributed by atoms with Crippen LogP contribution in [-0.4, -0.2) is 29.6 Å². The maximum absolute atomic E-state index is 12.4. The van der Waals surface area contributed by atoms with Gasteiger partial charge in [0.25, 0.3) is 0 Å². The van der Waals surface area contributed by atoms with Crippen LogP contribution in [0.5, 0.6) is 0 Å². The number of carbonyl (C=O) groups is 1. The molecule has 108 valence electrons. The van der Waals surface area contributed by atoms with Crippen LogP contribution in [0.1, 0.15) is 46.5 Å². The average molecular weight is 284 g/mol. The highest BCUT2D eigenvalue weighted by molar-refractivity contribution is 7.80. The maximum atomic E-state index is 12.4. The van der Waals surface area contributed by atoms with Crippen molar-refractivity contribution < 1.29 is 9.53 Å². The topological polar surface area (TPSA) is 64.3 Å². The number of amides is 1. The molecule has 2 aliphatic rings. The Labute approximate surface area is 120 Å². The van der Waals surface area contributed by atoms with Crippen LogP contribution in [0, 0.1) is 10.8 Å². The van der Waals surface area contributed by atoms with Crippen molar-refractivity contribution in [2.45, 2.75) is 58.6 Å². The van der Waals surface area contributed by atoms with Gasteiger partial charge >= 0.3 is 0 Å². The molecule has 19 heavy (non-hydrogen) atoms. The van der Waals surface area contributed by atoms with E-state index in [0.29, 0.717) is 11.6 Å². The predicted molar refractivity (Wildman–Crippen MR) is 78.8 cm³/mol. The quantitative estimate of drug-likeness (QED) is 0.755. The first-order valence-electron chi connectivity index (χ1n) is 7.07. The molecule has 2 unspecified atom stereocenters. The van der Waals surface area contributed by atoms with Crippen LogP contribution in [0.2, 0.25) is 0 Å². The van der Waals surface area contributed by atoms with Gasteiger partial charge in [0, 0.05) is 18.1 Å². The number of hydrogen-bond donors (Lipinski definition) is 2. The van der Waals surface area contributed by atoms with Gasteiger partial charge in [-0.25, -0.2) is 0 Å². The second-order valence-corrected chi connectivity index (χ2v) is 6.77. The summed E-state index contributed by atoms with van der Waals surface area (Å²) in [7, 11) is 0. The second-order valence-electron chi connectivity index (χ2n) is 6.33. The van der Waals surface area contributed by atoms with Crippen molar-refractivity contribution in [3.05, 3.63) is 0 Å². The van der Waals surface area contributed by atoms with Crippen molar-refractivity contribution in [1.82, 2.24) is 5.32 Å². The highest BCUT2D eigenvalue weighted by Crippen LogP contribution is 2.45. The fraction of sp³-hybridized carbons (Fsp3) is 0.857. The van der Waals surface area contributed by atoms with E-state index in [0.717, 1.165) is 25.7 Å². The Morgan fingerprint density at radius 1 is 1.47 bits per heavy atom. The summed E-state index contributed by atoms with van der Waals surface area (Å²) in [5, 5.41) is 3.13. The summed E-state index contributed by atoms with van der Waals surface area (Å²) in [5.74, 6) is 0.0132. The molecule has 1 amide bonds. The van der Waals surface area contributed by atoms with E-state index in [1.165, 1.54) is 0 Å². The Balaban J connectivity index is 1.96. The van der Waals surface area contributed by atoms with Gasteiger partial charge in [-0.1, -0.05) is 32.5 Å². The van der Waals surface area contributed by atoms with Gasteiger partial charge in [-0.05, 0) is 26.2 Å². The van der Waals surface area contributed by atoms with Crippen molar-refractivity contribution in [2.75, 3.05) is 6.61 Å². The summed E-state index contributed by atoms with van der Waals surface area (Å²) in [4.78, 5) is 12.8. The lowest BCUT2D eigenvalue weighted by molar-refractivity contribution is -0.144. The molecule has 0 radical (unpaired) electrons. The minimum atomic E-state index is -0.581. The molecule has 3 N–H and O–H groups in total. The Hall–Kier alpha value is -0.680. The van der Waals surface area contributed by atoms with Crippen molar-refractivity contribution in [3.63, 3.8) is 0 Å². The van der Waals surface area contributed by atoms with Gasteiger partial charge in [0.2, 0.25) is 5.91 Å². The van der Waals surface area contributed by atoms with Crippen molar-refractivity contribution in [1.29, 1.82) is 0 Å². The molecule has 2 fully saturated rings. The zero-order chi connectivity index (χ0) is 14.3. The van der Waals surface area contributed by atoms with E-state index in [2.05, 4.69) is 19.2 Å². The van der Waals surface area contributed by atoms with Crippen LogP contribution in [0.25, 0.3) is 0 Å². The molecule has 4 nitrogen and oxygen atoms in total. The summed E-state index contributed by atoms with van der Waals surface area (Å²) in [6.07, 6.45) is 3.71. The Bertz CT molecular complexity index is 391. The van der Waals surface area contributed by atoms with Gasteiger partial charge in [-0.15, -0.1) is 0 Å². The maximum Gasteiger partial charge on any atom is 0.233 e. The van der Waals surface area contributed by atoms with Crippen LogP contribution >= 0.6 is 12.2 Å². The number of hydrogen-bond acceptors (Lipinski definition) is 3. The fourth-order valence-corrected chi connectivity index (χ4v) is 3.32. The molecule has 0 aromatic rings. The largest absolute Gasteiger partial charge is 0.392 e. The minimum absolute atomic E-state index is 0.0132. The molecular weight excluding hydrogens is 260 g/mol. The third-order valence-electron chi connectivity index (χ3n) is 4.96. The van der Waals surface area contributed by atoms with E-state index in [9.17, 15) is 4.79 Å². The molecule has 0 heterocycles. The molecule has 2 saturated carbocycles. The lowest BCUT2D eigenvalue weighted by Crippen LogP contribution is -2.65. The summed E-state index contributed by atoms with van der Waals surface area (Å²) >= 11 is 5.08. The second kappa shape index (κ2) is 5.02. The SMILES string of the molecule is CCOC1CC(NC(=O)C2(C(N)=S)CCC2)C1(C)C. The monoisotopic (exact) mass is 284 g/mol. The zero-order valence-corrected chi connectivity index (χ0v) is 12.8. The summed E-state index contributed by atoms with van der Waals surface area (Å²) in [5.41, 5.74) is 5.16. The van der Waals surface area contributed by atoms with Crippen molar-refractivity contribution in [3.8, 4) is 0 Å². The van der Waals surface area contributed by atoms with Crippen LogP contribution in [-0.2, 0) is 9.53 Å². The molecule has 0 aliphatic heterocycles. The van der Waals surface area contributed by atoms with Gasteiger partial charge in [0.15, 0.2) is 0 Å². The number of thiocarbonyl (C=S) groups is 1. The van der Waals surface area contributed by atoms with E-state index in [1.807, 2.05) is 6.92 Å². The fourth-order valence-electron chi connectivity index (χ4n) is 3.03. The van der Waals surface area contributed by atoms with E-state index in [1.54, 1.807) is 0 Å². The molecule has 0 spiro atoms. The van der Waals surface area contributed by atoms with E-state index >= 15 is 0 Å². The first-order chi connectivity index (χ1) is 8.84. The normalized spacial score (nSPS) is 30.9. The average Bonchev–Trinajstić information content (AvgIpc) is 2.25. The van der Waals surface area contributed by atoms with Gasteiger partial charge in [-0.2, -0.15) is 0 Å². The van der Waals surface area contributed by atoms with Crippen LogP contribution in [0.3, 0.4) is 0 Å². The Morgan fingerprint density at radius 3 is 2.47 bits per heavy atom. The first kappa shape index (κ1) is 14.7. The molecule has 5 heteroatoms. The van der Waals surface area contributed by atoms with Crippen LogP contribution < -0.4 is 11.1 Å². The minimum Gasteiger partial charge on any atom is -0.392 e. The molecule has 0 bridgehead atoms. The summed E-state index contributed by atoms with van der Waals surface area (Å²) in [6.45, 7) is 6.98. The molecule has 2 rings (SSSR count). The van der Waals surface area contributed by atoms with Gasteiger partial charge in [0.05, 0.1) is 16.5 Å². The number of ether oxygens (including phenoxy) is 1. The number of carbonyl (C=O) groups excluding carboxylic acids is 1. The molecular formula is C14H24N2O2S. The number of nitrogens with one attached hydrogen (secondary N) is 1. The van der Waals surface area contributed by atoms with Gasteiger partial charge < -0.3 is 15.8 Å². The lowest BCUT2D eigenvalue weighted by Gasteiger charge is -2.53. The molecule has 2 atom stereocenters. The van der Waals surface area contributed by atoms with E-state index < -0.39 is 5.41 Å². The Morgan fingerprint density at radius 2 is 2.11 bits per heavy atom. The van der Waals surface area contributed by atoms with Crippen LogP contribution in [0.4, 0.5) is 0 Å². The predicted octanol–water partition coefficient (Wildman–Crippen LogP) is 1.76. The third kappa shape index (κ3) is 2.27. The highest BCUT2D eigenvalue weighted by atomic mass is 32.1. The first-order valence-corrected chi connectivity index (χ1v) is 7.48. The van der Waals surface area contributed by atoms with Gasteiger partial charge in [-0.3, -0.25) is 4.79 Å². The molecule has 0 saturated heterocycles. The van der Waals surface area contributed by atoms with Crippen molar-refractivity contribution in [2.24, 2.45) is 16.6 Å². The summed E-state index contributed by atoms with van der Waals surface area (Å²) < 4.78 is 5.68. The lowest BCUT2D eigenvalue weighted by atomic mass is 9.63. The molecule has 2 aliphatic carbocycles. The molecule has 0 aromatic carbocycles. The molecule has 0 aromatic heterocycles. The highest BCUT2D eigenvalue weighted by Gasteiger charge is 2.53. The summed E-state index contributed by atoms with van der Waals surface area (Å²) in [6, 6.07) is 0.156. The van der Waals surface area contributed by atoms with Crippen LogP contribution in [0.15, 0.2) is 0 Å².